The van der Waals surface area contributed by atoms with Crippen LogP contribution in [0.4, 0.5) is 9.59 Å². The fraction of sp³-hybridized carbons (Fsp3) is 0.389. The average molecular weight is 355 g/mol. The number of hydrogen-bond donors (Lipinski definition) is 1. The Kier molecular flexibility index (Phi) is 4.47. The number of ether oxygens (including phenoxy) is 1. The first-order valence-electron chi connectivity index (χ1n) is 8.70. The second-order valence-electron chi connectivity index (χ2n) is 6.56. The van der Waals surface area contributed by atoms with Crippen molar-refractivity contribution in [1.29, 1.82) is 0 Å². The van der Waals surface area contributed by atoms with Crippen molar-refractivity contribution in [2.24, 2.45) is 0 Å². The standard InChI is InChI=1S/C18H21N5O3/c24-17(21-6-7-23-16(12-21)13-26-18(23)25)19-8-15-9-20-22(11-15)10-14-4-2-1-3-5-14/h1-5,9,11,16H,6-8,10,12-13H2,(H,19,24). The molecule has 2 aromatic rings. The lowest BCUT2D eigenvalue weighted by molar-refractivity contribution is 0.127. The summed E-state index contributed by atoms with van der Waals surface area (Å²) in [5.41, 5.74) is 2.13. The number of hydrogen-bond acceptors (Lipinski definition) is 4. The first kappa shape index (κ1) is 16.4. The van der Waals surface area contributed by atoms with Gasteiger partial charge in [0.25, 0.3) is 0 Å². The van der Waals surface area contributed by atoms with Crippen LogP contribution in [0.3, 0.4) is 0 Å². The third kappa shape index (κ3) is 3.49. The molecule has 2 aliphatic rings. The van der Waals surface area contributed by atoms with Gasteiger partial charge in [-0.1, -0.05) is 30.3 Å². The summed E-state index contributed by atoms with van der Waals surface area (Å²) in [6, 6.07) is 9.95. The maximum Gasteiger partial charge on any atom is 0.410 e. The van der Waals surface area contributed by atoms with Crippen LogP contribution >= 0.6 is 0 Å². The average Bonchev–Trinajstić information content (AvgIpc) is 3.27. The van der Waals surface area contributed by atoms with Crippen LogP contribution in [0.15, 0.2) is 42.7 Å². The minimum atomic E-state index is -0.277. The Hall–Kier alpha value is -3.03. The van der Waals surface area contributed by atoms with E-state index in [1.54, 1.807) is 16.0 Å². The molecule has 0 spiro atoms. The number of carbonyl (C=O) groups is 2. The van der Waals surface area contributed by atoms with E-state index in [1.807, 2.05) is 29.1 Å². The molecule has 0 radical (unpaired) electrons. The molecule has 1 N–H and O–H groups in total. The predicted molar refractivity (Wildman–Crippen MR) is 93.4 cm³/mol. The summed E-state index contributed by atoms with van der Waals surface area (Å²) in [6.45, 7) is 3.02. The Morgan fingerprint density at radius 3 is 2.92 bits per heavy atom. The molecule has 3 amide bonds. The molecule has 1 aromatic carbocycles. The minimum Gasteiger partial charge on any atom is -0.447 e. The quantitative estimate of drug-likeness (QED) is 0.896. The van der Waals surface area contributed by atoms with Crippen LogP contribution in [0.25, 0.3) is 0 Å². The number of rotatable bonds is 4. The molecule has 1 aromatic heterocycles. The molecular weight excluding hydrogens is 334 g/mol. The van der Waals surface area contributed by atoms with Crippen LogP contribution in [0.2, 0.25) is 0 Å². The number of fused-ring (bicyclic) bond motifs is 1. The summed E-state index contributed by atoms with van der Waals surface area (Å²) in [6.07, 6.45) is 3.43. The Balaban J connectivity index is 1.28. The molecule has 1 unspecified atom stereocenters. The largest absolute Gasteiger partial charge is 0.447 e. The van der Waals surface area contributed by atoms with Gasteiger partial charge in [-0.25, -0.2) is 9.59 Å². The summed E-state index contributed by atoms with van der Waals surface area (Å²) in [4.78, 5) is 27.3. The van der Waals surface area contributed by atoms with E-state index in [1.165, 1.54) is 5.56 Å². The van der Waals surface area contributed by atoms with Gasteiger partial charge in [-0.2, -0.15) is 5.10 Å². The van der Waals surface area contributed by atoms with Gasteiger partial charge in [-0.15, -0.1) is 0 Å². The van der Waals surface area contributed by atoms with Gasteiger partial charge < -0.3 is 15.0 Å². The first-order chi connectivity index (χ1) is 12.7. The van der Waals surface area contributed by atoms with Gasteiger partial charge >= 0.3 is 12.1 Å². The number of amides is 3. The zero-order valence-corrected chi connectivity index (χ0v) is 14.4. The highest BCUT2D eigenvalue weighted by Gasteiger charge is 2.38. The lowest BCUT2D eigenvalue weighted by Crippen LogP contribution is -2.55. The van der Waals surface area contributed by atoms with Crippen LogP contribution in [0.5, 0.6) is 0 Å². The predicted octanol–water partition coefficient (Wildman–Crippen LogP) is 1.28. The number of nitrogens with one attached hydrogen (secondary N) is 1. The van der Waals surface area contributed by atoms with E-state index in [4.69, 9.17) is 4.74 Å². The summed E-state index contributed by atoms with van der Waals surface area (Å²) < 4.78 is 6.88. The van der Waals surface area contributed by atoms with E-state index in [2.05, 4.69) is 22.5 Å². The zero-order chi connectivity index (χ0) is 17.9. The van der Waals surface area contributed by atoms with Crippen LogP contribution < -0.4 is 5.32 Å². The molecule has 2 aliphatic heterocycles. The van der Waals surface area contributed by atoms with Crippen LogP contribution in [0, 0.1) is 0 Å². The number of piperazine rings is 1. The Bertz CT molecular complexity index is 791. The van der Waals surface area contributed by atoms with Gasteiger partial charge in [0.2, 0.25) is 0 Å². The van der Waals surface area contributed by atoms with Gasteiger partial charge in [-0.05, 0) is 5.56 Å². The van der Waals surface area contributed by atoms with Crippen molar-refractivity contribution in [2.75, 3.05) is 26.2 Å². The van der Waals surface area contributed by atoms with E-state index < -0.39 is 0 Å². The Morgan fingerprint density at radius 1 is 1.23 bits per heavy atom. The van der Waals surface area contributed by atoms with E-state index in [0.29, 0.717) is 39.3 Å². The molecule has 3 heterocycles. The summed E-state index contributed by atoms with van der Waals surface area (Å²) in [7, 11) is 0. The van der Waals surface area contributed by atoms with Crippen molar-refractivity contribution < 1.29 is 14.3 Å². The second-order valence-corrected chi connectivity index (χ2v) is 6.56. The second kappa shape index (κ2) is 7.07. The zero-order valence-electron chi connectivity index (χ0n) is 14.4. The van der Waals surface area contributed by atoms with E-state index in [-0.39, 0.29) is 18.2 Å². The molecule has 136 valence electrons. The number of urea groups is 1. The Labute approximate surface area is 151 Å². The van der Waals surface area contributed by atoms with Crippen molar-refractivity contribution in [3.05, 3.63) is 53.9 Å². The van der Waals surface area contributed by atoms with Crippen molar-refractivity contribution in [3.8, 4) is 0 Å². The van der Waals surface area contributed by atoms with Crippen molar-refractivity contribution >= 4 is 12.1 Å². The Morgan fingerprint density at radius 2 is 2.08 bits per heavy atom. The number of benzene rings is 1. The molecule has 2 saturated heterocycles. The summed E-state index contributed by atoms with van der Waals surface area (Å²) >= 11 is 0. The maximum atomic E-state index is 12.4. The molecule has 4 rings (SSSR count). The normalized spacial score (nSPS) is 19.2. The fourth-order valence-electron chi connectivity index (χ4n) is 3.32. The number of cyclic esters (lactones) is 1. The van der Waals surface area contributed by atoms with Crippen molar-refractivity contribution in [3.63, 3.8) is 0 Å². The minimum absolute atomic E-state index is 0.0318. The van der Waals surface area contributed by atoms with Gasteiger partial charge in [-0.3, -0.25) is 9.58 Å². The molecule has 0 aliphatic carbocycles. The van der Waals surface area contributed by atoms with Crippen molar-refractivity contribution in [2.45, 2.75) is 19.1 Å². The highest BCUT2D eigenvalue weighted by Crippen LogP contribution is 2.17. The third-order valence-corrected chi connectivity index (χ3v) is 4.72. The molecule has 0 saturated carbocycles. The van der Waals surface area contributed by atoms with Gasteiger partial charge in [0.1, 0.15) is 6.61 Å². The molecule has 26 heavy (non-hydrogen) atoms. The molecule has 8 heteroatoms. The van der Waals surface area contributed by atoms with Crippen molar-refractivity contribution in [1.82, 2.24) is 24.9 Å². The van der Waals surface area contributed by atoms with Gasteiger partial charge in [0, 0.05) is 37.9 Å². The monoisotopic (exact) mass is 355 g/mol. The smallest absolute Gasteiger partial charge is 0.410 e. The summed E-state index contributed by atoms with van der Waals surface area (Å²) in [5, 5.41) is 7.27. The number of aromatic nitrogens is 2. The van der Waals surface area contributed by atoms with Crippen LogP contribution in [0.1, 0.15) is 11.1 Å². The van der Waals surface area contributed by atoms with E-state index in [0.717, 1.165) is 5.56 Å². The van der Waals surface area contributed by atoms with E-state index >= 15 is 0 Å². The maximum absolute atomic E-state index is 12.4. The number of nitrogens with zero attached hydrogens (tertiary/aromatic N) is 4. The highest BCUT2D eigenvalue weighted by atomic mass is 16.6. The first-order valence-corrected chi connectivity index (χ1v) is 8.70. The van der Waals surface area contributed by atoms with Crippen LogP contribution in [-0.2, 0) is 17.8 Å². The molecule has 1 atom stereocenters. The van der Waals surface area contributed by atoms with E-state index in [9.17, 15) is 9.59 Å². The molecule has 8 nitrogen and oxygen atoms in total. The molecule has 0 bridgehead atoms. The fourth-order valence-corrected chi connectivity index (χ4v) is 3.32. The molecular formula is C18H21N5O3. The van der Waals surface area contributed by atoms with Gasteiger partial charge in [0.05, 0.1) is 18.8 Å². The number of carbonyl (C=O) groups excluding carboxylic acids is 2. The van der Waals surface area contributed by atoms with Crippen LogP contribution in [-0.4, -0.2) is 64.0 Å². The highest BCUT2D eigenvalue weighted by molar-refractivity contribution is 5.75. The molecule has 2 fully saturated rings. The SMILES string of the molecule is O=C(NCc1cnn(Cc2ccccc2)c1)N1CCN2C(=O)OCC2C1. The summed E-state index contributed by atoms with van der Waals surface area (Å²) in [5.74, 6) is 0. The lowest BCUT2D eigenvalue weighted by Gasteiger charge is -2.35. The topological polar surface area (TPSA) is 79.7 Å². The van der Waals surface area contributed by atoms with Gasteiger partial charge in [0.15, 0.2) is 0 Å². The lowest BCUT2D eigenvalue weighted by atomic mass is 10.2. The third-order valence-electron chi connectivity index (χ3n) is 4.72.